The van der Waals surface area contributed by atoms with Crippen LogP contribution < -0.4 is 0 Å². The Kier molecular flexibility index (Phi) is 8.31. The van der Waals surface area contributed by atoms with Gasteiger partial charge in [0, 0.05) is 32.3 Å². The fraction of sp³-hybridized carbons (Fsp3) is 0.200. The zero-order valence-corrected chi connectivity index (χ0v) is 15.6. The molecule has 0 unspecified atom stereocenters. The van der Waals surface area contributed by atoms with Crippen molar-refractivity contribution in [3.05, 3.63) is 78.4 Å². The van der Waals surface area contributed by atoms with E-state index >= 15 is 0 Å². The molecule has 0 aromatic heterocycles. The van der Waals surface area contributed by atoms with E-state index in [1.807, 2.05) is 0 Å². The Labute approximate surface area is 152 Å². The Morgan fingerprint density at radius 3 is 1.95 bits per heavy atom. The first kappa shape index (κ1) is 18.8. The van der Waals surface area contributed by atoms with Crippen LogP contribution in [0.15, 0.2) is 72.8 Å². The minimum Gasteiger partial charge on any atom is -0.394 e. The molecule has 0 bridgehead atoms. The number of hydrogen-bond acceptors (Lipinski definition) is 1. The molecule has 22 heavy (non-hydrogen) atoms. The quantitative estimate of drug-likeness (QED) is 0.782. The van der Waals surface area contributed by atoms with Crippen LogP contribution in [-0.4, -0.2) is 11.2 Å². The molecule has 0 heterocycles. The van der Waals surface area contributed by atoms with Gasteiger partial charge in [-0.1, -0.05) is 72.8 Å². The molecule has 0 saturated heterocycles. The smallest absolute Gasteiger partial charge is 0.0483 e. The summed E-state index contributed by atoms with van der Waals surface area (Å²) in [5.41, 5.74) is 5.37. The zero-order chi connectivity index (χ0) is 15.1. The van der Waals surface area contributed by atoms with Gasteiger partial charge in [-0.2, -0.15) is 0 Å². The van der Waals surface area contributed by atoms with Gasteiger partial charge in [-0.25, -0.2) is 0 Å². The first-order chi connectivity index (χ1) is 10.2. The topological polar surface area (TPSA) is 20.2 Å². The second kappa shape index (κ2) is 9.71. The molecule has 0 amide bonds. The maximum atomic E-state index is 8.06. The number of aliphatic hydroxyl groups excluding tert-OH is 1. The summed E-state index contributed by atoms with van der Waals surface area (Å²) in [7, 11) is 0. The van der Waals surface area contributed by atoms with E-state index in [1.54, 1.807) is 13.8 Å². The molecule has 1 nitrogen and oxygen atoms in total. The van der Waals surface area contributed by atoms with Crippen molar-refractivity contribution >= 4 is 5.57 Å². The van der Waals surface area contributed by atoms with E-state index in [2.05, 4.69) is 72.8 Å². The SMILES string of the molecule is C1=CCC(c2ccccc2-c2ccccc2)=C1.CC(C)O.[Zr]. The second-order valence-electron chi connectivity index (χ2n) is 5.33. The van der Waals surface area contributed by atoms with Gasteiger partial charge in [-0.05, 0) is 42.5 Å². The number of hydrogen-bond donors (Lipinski definition) is 1. The summed E-state index contributed by atoms with van der Waals surface area (Å²) in [5.74, 6) is 0. The third-order valence-electron chi connectivity index (χ3n) is 3.13. The van der Waals surface area contributed by atoms with Crippen LogP contribution >= 0.6 is 0 Å². The molecule has 112 valence electrons. The second-order valence-corrected chi connectivity index (χ2v) is 5.33. The number of rotatable bonds is 2. The predicted octanol–water partition coefficient (Wildman–Crippen LogP) is 5.08. The fourth-order valence-corrected chi connectivity index (χ4v) is 2.28. The van der Waals surface area contributed by atoms with E-state index in [0.29, 0.717) is 0 Å². The average Bonchev–Trinajstić information content (AvgIpc) is 3.02. The molecule has 1 aliphatic rings. The Balaban J connectivity index is 0.000000436. The van der Waals surface area contributed by atoms with Crippen LogP contribution in [0, 0.1) is 0 Å². The van der Waals surface area contributed by atoms with E-state index in [0.717, 1.165) is 6.42 Å². The van der Waals surface area contributed by atoms with Gasteiger partial charge in [0.15, 0.2) is 0 Å². The maximum Gasteiger partial charge on any atom is 0.0483 e. The molecule has 0 atom stereocenters. The predicted molar refractivity (Wildman–Crippen MR) is 91.0 cm³/mol. The van der Waals surface area contributed by atoms with Gasteiger partial charge in [0.25, 0.3) is 0 Å². The number of aliphatic hydroxyl groups is 1. The fourth-order valence-electron chi connectivity index (χ4n) is 2.28. The van der Waals surface area contributed by atoms with E-state index in [4.69, 9.17) is 5.11 Å². The molecular weight excluding hydrogens is 347 g/mol. The summed E-state index contributed by atoms with van der Waals surface area (Å²) in [6, 6.07) is 19.2. The standard InChI is InChI=1S/C17H14.C3H8O.Zr/c1-2-8-14(9-3-1)16-12-6-7-13-17(16)15-10-4-5-11-15;1-3(2)4;/h1-10,12-13H,11H2;3-4H,1-2H3;. The van der Waals surface area contributed by atoms with Crippen molar-refractivity contribution in [2.24, 2.45) is 0 Å². The van der Waals surface area contributed by atoms with Crippen LogP contribution in [0.25, 0.3) is 16.7 Å². The molecule has 3 rings (SSSR count). The van der Waals surface area contributed by atoms with Crippen LogP contribution in [0.5, 0.6) is 0 Å². The first-order valence-corrected chi connectivity index (χ1v) is 7.37. The Hall–Kier alpha value is -1.24. The van der Waals surface area contributed by atoms with E-state index in [-0.39, 0.29) is 32.3 Å². The molecule has 0 spiro atoms. The molecule has 1 aliphatic carbocycles. The van der Waals surface area contributed by atoms with Crippen molar-refractivity contribution in [1.82, 2.24) is 0 Å². The summed E-state index contributed by atoms with van der Waals surface area (Å²) in [4.78, 5) is 0. The van der Waals surface area contributed by atoms with Gasteiger partial charge < -0.3 is 5.11 Å². The van der Waals surface area contributed by atoms with Gasteiger partial charge >= 0.3 is 0 Å². The summed E-state index contributed by atoms with van der Waals surface area (Å²) >= 11 is 0. The van der Waals surface area contributed by atoms with Crippen LogP contribution in [0.1, 0.15) is 25.8 Å². The van der Waals surface area contributed by atoms with Crippen molar-refractivity contribution in [1.29, 1.82) is 0 Å². The van der Waals surface area contributed by atoms with Crippen LogP contribution in [0.4, 0.5) is 0 Å². The molecule has 2 aromatic rings. The zero-order valence-electron chi connectivity index (χ0n) is 13.2. The number of benzene rings is 2. The van der Waals surface area contributed by atoms with Crippen molar-refractivity contribution in [3.8, 4) is 11.1 Å². The molecule has 0 radical (unpaired) electrons. The van der Waals surface area contributed by atoms with Crippen molar-refractivity contribution in [2.75, 3.05) is 0 Å². The molecule has 0 saturated carbocycles. The van der Waals surface area contributed by atoms with Crippen LogP contribution in [0.2, 0.25) is 0 Å². The van der Waals surface area contributed by atoms with Crippen molar-refractivity contribution in [2.45, 2.75) is 26.4 Å². The van der Waals surface area contributed by atoms with Gasteiger partial charge in [-0.3, -0.25) is 0 Å². The third-order valence-corrected chi connectivity index (χ3v) is 3.13. The molecule has 0 aliphatic heterocycles. The van der Waals surface area contributed by atoms with Gasteiger partial charge in [0.2, 0.25) is 0 Å². The normalized spacial score (nSPS) is 12.3. The molecular formula is C20H22OZr. The Morgan fingerprint density at radius 2 is 1.41 bits per heavy atom. The Bertz CT molecular complexity index is 624. The largest absolute Gasteiger partial charge is 0.394 e. The summed E-state index contributed by atoms with van der Waals surface area (Å²) in [6.07, 6.45) is 7.43. The van der Waals surface area contributed by atoms with Gasteiger partial charge in [-0.15, -0.1) is 0 Å². The van der Waals surface area contributed by atoms with E-state index < -0.39 is 0 Å². The number of allylic oxidation sites excluding steroid dienone is 4. The minimum atomic E-state index is -0.167. The van der Waals surface area contributed by atoms with Crippen molar-refractivity contribution < 1.29 is 31.3 Å². The monoisotopic (exact) mass is 368 g/mol. The molecule has 1 N–H and O–H groups in total. The molecule has 2 heteroatoms. The van der Waals surface area contributed by atoms with Gasteiger partial charge in [0.1, 0.15) is 0 Å². The Morgan fingerprint density at radius 1 is 0.864 bits per heavy atom. The van der Waals surface area contributed by atoms with Crippen LogP contribution in [-0.2, 0) is 26.2 Å². The average molecular weight is 370 g/mol. The van der Waals surface area contributed by atoms with Gasteiger partial charge in [0.05, 0.1) is 0 Å². The summed E-state index contributed by atoms with van der Waals surface area (Å²) in [6.45, 7) is 3.44. The first-order valence-electron chi connectivity index (χ1n) is 7.37. The molecule has 0 fully saturated rings. The molecule has 2 aromatic carbocycles. The minimum absolute atomic E-state index is 0. The van der Waals surface area contributed by atoms with E-state index in [1.165, 1.54) is 22.3 Å². The van der Waals surface area contributed by atoms with Crippen LogP contribution in [0.3, 0.4) is 0 Å². The summed E-state index contributed by atoms with van der Waals surface area (Å²) in [5, 5.41) is 8.06. The third kappa shape index (κ3) is 5.52. The summed E-state index contributed by atoms with van der Waals surface area (Å²) < 4.78 is 0. The van der Waals surface area contributed by atoms with Crippen molar-refractivity contribution in [3.63, 3.8) is 0 Å². The van der Waals surface area contributed by atoms with E-state index in [9.17, 15) is 0 Å². The maximum absolute atomic E-state index is 8.06.